The van der Waals surface area contributed by atoms with Gasteiger partial charge in [0, 0.05) is 24.2 Å². The average Bonchev–Trinajstić information content (AvgIpc) is 2.65. The molecule has 0 aliphatic carbocycles. The topological polar surface area (TPSA) is 57.8 Å². The maximum Gasteiger partial charge on any atom is 0.152 e. The minimum Gasteiger partial charge on any atom is -0.348 e. The first-order chi connectivity index (χ1) is 6.65. The summed E-state index contributed by atoms with van der Waals surface area (Å²) < 4.78 is 0. The van der Waals surface area contributed by atoms with Gasteiger partial charge in [-0.2, -0.15) is 0 Å². The molecule has 2 N–H and O–H groups in total. The van der Waals surface area contributed by atoms with Crippen molar-refractivity contribution < 1.29 is 4.79 Å². The van der Waals surface area contributed by atoms with Crippen LogP contribution in [0.5, 0.6) is 0 Å². The molecule has 1 heterocycles. The van der Waals surface area contributed by atoms with Crippen LogP contribution in [-0.4, -0.2) is 28.8 Å². The molecule has 0 saturated carbocycles. The summed E-state index contributed by atoms with van der Waals surface area (Å²) in [5.74, 6) is 0.303. The fraction of sp³-hybridized carbons (Fsp3) is 0.600. The third-order valence-electron chi connectivity index (χ3n) is 2.24. The molecule has 14 heavy (non-hydrogen) atoms. The largest absolute Gasteiger partial charge is 0.348 e. The number of nitrogens with zero attached hydrogens (tertiary/aromatic N) is 1. The number of ketones is 1. The SMILES string of the molecule is CNC(Cc1cnc[nH]1)C(=O)C(C)C. The highest BCUT2D eigenvalue weighted by Gasteiger charge is 2.19. The second-order valence-corrected chi connectivity index (χ2v) is 3.68. The molecule has 0 amide bonds. The zero-order valence-corrected chi connectivity index (χ0v) is 8.87. The number of likely N-dealkylation sites (N-methyl/N-ethyl adjacent to an activating group) is 1. The summed E-state index contributed by atoms with van der Waals surface area (Å²) in [7, 11) is 1.81. The van der Waals surface area contributed by atoms with Gasteiger partial charge in [0.1, 0.15) is 0 Å². The lowest BCUT2D eigenvalue weighted by Crippen LogP contribution is -2.38. The Morgan fingerprint density at radius 2 is 2.36 bits per heavy atom. The predicted molar refractivity (Wildman–Crippen MR) is 55.0 cm³/mol. The molecule has 4 nitrogen and oxygen atoms in total. The van der Waals surface area contributed by atoms with Gasteiger partial charge >= 0.3 is 0 Å². The second-order valence-electron chi connectivity index (χ2n) is 3.68. The Hall–Kier alpha value is -1.16. The van der Waals surface area contributed by atoms with Crippen molar-refractivity contribution in [2.24, 2.45) is 5.92 Å². The fourth-order valence-corrected chi connectivity index (χ4v) is 1.36. The Labute approximate surface area is 84.1 Å². The van der Waals surface area contributed by atoms with Crippen LogP contribution in [-0.2, 0) is 11.2 Å². The molecule has 0 radical (unpaired) electrons. The zero-order valence-electron chi connectivity index (χ0n) is 8.87. The highest BCUT2D eigenvalue weighted by atomic mass is 16.1. The van der Waals surface area contributed by atoms with Crippen molar-refractivity contribution in [1.29, 1.82) is 0 Å². The number of aromatic nitrogens is 2. The third kappa shape index (κ3) is 2.67. The highest BCUT2D eigenvalue weighted by Crippen LogP contribution is 2.05. The summed E-state index contributed by atoms with van der Waals surface area (Å²) in [4.78, 5) is 18.6. The minimum atomic E-state index is -0.115. The van der Waals surface area contributed by atoms with Crippen LogP contribution in [0.2, 0.25) is 0 Å². The van der Waals surface area contributed by atoms with E-state index in [1.807, 2.05) is 13.8 Å². The number of hydrogen-bond acceptors (Lipinski definition) is 3. The molecule has 0 bridgehead atoms. The Kier molecular flexibility index (Phi) is 3.83. The van der Waals surface area contributed by atoms with Gasteiger partial charge in [0.25, 0.3) is 0 Å². The normalized spacial score (nSPS) is 13.1. The van der Waals surface area contributed by atoms with E-state index in [1.54, 1.807) is 19.6 Å². The van der Waals surface area contributed by atoms with Crippen LogP contribution in [0.4, 0.5) is 0 Å². The van der Waals surface area contributed by atoms with E-state index in [0.717, 1.165) is 5.69 Å². The van der Waals surface area contributed by atoms with Crippen LogP contribution in [0.25, 0.3) is 0 Å². The van der Waals surface area contributed by atoms with Gasteiger partial charge in [-0.25, -0.2) is 4.98 Å². The van der Waals surface area contributed by atoms with Gasteiger partial charge < -0.3 is 10.3 Å². The molecule has 4 heteroatoms. The fourth-order valence-electron chi connectivity index (χ4n) is 1.36. The Balaban J connectivity index is 2.60. The summed E-state index contributed by atoms with van der Waals surface area (Å²) >= 11 is 0. The first kappa shape index (κ1) is 10.9. The number of imidazole rings is 1. The van der Waals surface area contributed by atoms with E-state index >= 15 is 0 Å². The summed E-state index contributed by atoms with van der Waals surface area (Å²) in [6.07, 6.45) is 4.05. The molecule has 0 aliphatic rings. The molecule has 1 rings (SSSR count). The molecule has 1 aromatic rings. The van der Waals surface area contributed by atoms with Crippen LogP contribution in [0, 0.1) is 5.92 Å². The van der Waals surface area contributed by atoms with Crippen LogP contribution < -0.4 is 5.32 Å². The highest BCUT2D eigenvalue weighted by molar-refractivity contribution is 5.85. The van der Waals surface area contributed by atoms with Crippen molar-refractivity contribution in [3.8, 4) is 0 Å². The van der Waals surface area contributed by atoms with E-state index in [1.165, 1.54) is 0 Å². The minimum absolute atomic E-state index is 0.0652. The first-order valence-electron chi connectivity index (χ1n) is 4.83. The zero-order chi connectivity index (χ0) is 10.6. The van der Waals surface area contributed by atoms with Gasteiger partial charge in [0.05, 0.1) is 12.4 Å². The van der Waals surface area contributed by atoms with Crippen molar-refractivity contribution in [3.63, 3.8) is 0 Å². The molecule has 0 saturated heterocycles. The molecule has 0 fully saturated rings. The number of rotatable bonds is 5. The monoisotopic (exact) mass is 195 g/mol. The van der Waals surface area contributed by atoms with Gasteiger partial charge in [-0.05, 0) is 7.05 Å². The van der Waals surface area contributed by atoms with E-state index in [-0.39, 0.29) is 17.7 Å². The van der Waals surface area contributed by atoms with Crippen LogP contribution >= 0.6 is 0 Å². The quantitative estimate of drug-likeness (QED) is 0.729. The van der Waals surface area contributed by atoms with E-state index in [2.05, 4.69) is 15.3 Å². The smallest absolute Gasteiger partial charge is 0.152 e. The van der Waals surface area contributed by atoms with Gasteiger partial charge in [0.2, 0.25) is 0 Å². The van der Waals surface area contributed by atoms with Crippen molar-refractivity contribution >= 4 is 5.78 Å². The Morgan fingerprint density at radius 1 is 1.64 bits per heavy atom. The number of nitrogens with one attached hydrogen (secondary N) is 2. The standard InChI is InChI=1S/C10H17N3O/c1-7(2)10(14)9(11-3)4-8-5-12-6-13-8/h5-7,9,11H,4H2,1-3H3,(H,12,13). The number of Topliss-reactive ketones (excluding diaryl/α,β-unsaturated/α-hetero) is 1. The lowest BCUT2D eigenvalue weighted by atomic mass is 9.98. The lowest BCUT2D eigenvalue weighted by molar-refractivity contribution is -0.123. The summed E-state index contributed by atoms with van der Waals surface area (Å²) in [5, 5.41) is 3.02. The van der Waals surface area contributed by atoms with E-state index < -0.39 is 0 Å². The number of carbonyl (C=O) groups is 1. The Morgan fingerprint density at radius 3 is 2.79 bits per heavy atom. The molecule has 78 valence electrons. The molecule has 1 atom stereocenters. The van der Waals surface area contributed by atoms with Gasteiger partial charge in [-0.15, -0.1) is 0 Å². The van der Waals surface area contributed by atoms with Crippen molar-refractivity contribution in [2.75, 3.05) is 7.05 Å². The third-order valence-corrected chi connectivity index (χ3v) is 2.24. The van der Waals surface area contributed by atoms with Crippen LogP contribution in [0.15, 0.2) is 12.5 Å². The molecule has 0 aromatic carbocycles. The number of H-pyrrole nitrogens is 1. The average molecular weight is 195 g/mol. The molecular weight excluding hydrogens is 178 g/mol. The van der Waals surface area contributed by atoms with Crippen LogP contribution in [0.3, 0.4) is 0 Å². The van der Waals surface area contributed by atoms with Gasteiger partial charge in [-0.3, -0.25) is 4.79 Å². The maximum atomic E-state index is 11.7. The number of hydrogen-bond donors (Lipinski definition) is 2. The van der Waals surface area contributed by atoms with E-state index in [9.17, 15) is 4.79 Å². The predicted octanol–water partition coefficient (Wildman–Crippen LogP) is 0.765. The van der Waals surface area contributed by atoms with E-state index in [0.29, 0.717) is 6.42 Å². The summed E-state index contributed by atoms with van der Waals surface area (Å²) in [6.45, 7) is 3.83. The number of aromatic amines is 1. The molecule has 1 unspecified atom stereocenters. The van der Waals surface area contributed by atoms with E-state index in [4.69, 9.17) is 0 Å². The molecule has 0 aliphatic heterocycles. The first-order valence-corrected chi connectivity index (χ1v) is 4.83. The molecule has 1 aromatic heterocycles. The van der Waals surface area contributed by atoms with Gasteiger partial charge in [-0.1, -0.05) is 13.8 Å². The van der Waals surface area contributed by atoms with Crippen molar-refractivity contribution in [2.45, 2.75) is 26.3 Å². The summed E-state index contributed by atoms with van der Waals surface area (Å²) in [5.41, 5.74) is 0.985. The maximum absolute atomic E-state index is 11.7. The Bertz CT molecular complexity index is 280. The lowest BCUT2D eigenvalue weighted by Gasteiger charge is -2.15. The second kappa shape index (κ2) is 4.91. The van der Waals surface area contributed by atoms with Crippen molar-refractivity contribution in [3.05, 3.63) is 18.2 Å². The van der Waals surface area contributed by atoms with Gasteiger partial charge in [0.15, 0.2) is 5.78 Å². The summed E-state index contributed by atoms with van der Waals surface area (Å²) in [6, 6.07) is -0.115. The van der Waals surface area contributed by atoms with Crippen LogP contribution in [0.1, 0.15) is 19.5 Å². The number of carbonyl (C=O) groups excluding carboxylic acids is 1. The van der Waals surface area contributed by atoms with Crippen molar-refractivity contribution in [1.82, 2.24) is 15.3 Å². The molecular formula is C10H17N3O. The molecule has 0 spiro atoms.